The van der Waals surface area contributed by atoms with E-state index in [-0.39, 0.29) is 24.0 Å². The van der Waals surface area contributed by atoms with Crippen molar-refractivity contribution in [2.24, 2.45) is 4.99 Å². The van der Waals surface area contributed by atoms with Crippen molar-refractivity contribution in [3.63, 3.8) is 0 Å². The van der Waals surface area contributed by atoms with Crippen LogP contribution in [0.15, 0.2) is 33.7 Å². The van der Waals surface area contributed by atoms with Gasteiger partial charge in [0.1, 0.15) is 5.76 Å². The molecule has 2 N–H and O–H groups in total. The van der Waals surface area contributed by atoms with Gasteiger partial charge in [0.25, 0.3) is 0 Å². The number of aliphatic imine (C=N–C) groups is 1. The first-order valence-corrected chi connectivity index (χ1v) is 9.78. The van der Waals surface area contributed by atoms with Crippen LogP contribution in [-0.2, 0) is 29.2 Å². The van der Waals surface area contributed by atoms with Crippen molar-refractivity contribution >= 4 is 29.9 Å². The van der Waals surface area contributed by atoms with Crippen molar-refractivity contribution in [3.05, 3.63) is 52.7 Å². The molecule has 3 rings (SSSR count). The third-order valence-electron chi connectivity index (χ3n) is 4.84. The molecular formula is C21H31IN4O3. The Balaban J connectivity index is 0.00000300. The molecule has 1 aromatic carbocycles. The van der Waals surface area contributed by atoms with E-state index in [1.165, 1.54) is 11.1 Å². The van der Waals surface area contributed by atoms with Gasteiger partial charge in [-0.3, -0.25) is 4.99 Å². The van der Waals surface area contributed by atoms with E-state index in [9.17, 15) is 0 Å². The summed E-state index contributed by atoms with van der Waals surface area (Å²) in [5.74, 6) is 2.22. The number of nitrogens with one attached hydrogen (secondary N) is 2. The number of oxazole rings is 1. The number of nitrogens with zero attached hydrogens (tertiary/aromatic N) is 2. The Morgan fingerprint density at radius 3 is 2.38 bits per heavy atom. The smallest absolute Gasteiger partial charge is 0.214 e. The Morgan fingerprint density at radius 1 is 1.10 bits per heavy atom. The van der Waals surface area contributed by atoms with E-state index in [1.54, 1.807) is 7.05 Å². The van der Waals surface area contributed by atoms with E-state index in [0.29, 0.717) is 37.7 Å². The maximum atomic E-state index is 5.97. The van der Waals surface area contributed by atoms with E-state index in [4.69, 9.17) is 13.9 Å². The highest BCUT2D eigenvalue weighted by molar-refractivity contribution is 14.0. The third kappa shape index (κ3) is 7.60. The zero-order valence-electron chi connectivity index (χ0n) is 17.4. The first kappa shape index (κ1) is 23.6. The van der Waals surface area contributed by atoms with Crippen LogP contribution in [0.3, 0.4) is 0 Å². The molecular weight excluding hydrogens is 483 g/mol. The second-order valence-electron chi connectivity index (χ2n) is 6.97. The molecule has 1 saturated heterocycles. The van der Waals surface area contributed by atoms with Crippen molar-refractivity contribution in [1.82, 2.24) is 15.6 Å². The monoisotopic (exact) mass is 514 g/mol. The molecule has 0 spiro atoms. The van der Waals surface area contributed by atoms with Gasteiger partial charge in [-0.05, 0) is 37.8 Å². The van der Waals surface area contributed by atoms with Gasteiger partial charge in [0, 0.05) is 26.8 Å². The molecule has 2 heterocycles. The van der Waals surface area contributed by atoms with Crippen LogP contribution in [0, 0.1) is 13.8 Å². The van der Waals surface area contributed by atoms with Crippen molar-refractivity contribution in [2.45, 2.75) is 52.5 Å². The minimum absolute atomic E-state index is 0. The molecule has 8 heteroatoms. The molecule has 0 radical (unpaired) electrons. The second kappa shape index (κ2) is 12.1. The summed E-state index contributed by atoms with van der Waals surface area (Å²) in [6.07, 6.45) is 2.29. The van der Waals surface area contributed by atoms with Crippen LogP contribution in [0.5, 0.6) is 0 Å². The molecule has 1 aromatic heterocycles. The largest absolute Gasteiger partial charge is 0.444 e. The molecule has 7 nitrogen and oxygen atoms in total. The van der Waals surface area contributed by atoms with E-state index in [1.807, 2.05) is 13.8 Å². The maximum Gasteiger partial charge on any atom is 0.214 e. The van der Waals surface area contributed by atoms with Crippen molar-refractivity contribution in [1.29, 1.82) is 0 Å². The Labute approximate surface area is 189 Å². The molecule has 0 amide bonds. The van der Waals surface area contributed by atoms with Crippen molar-refractivity contribution in [3.8, 4) is 0 Å². The minimum atomic E-state index is 0. The topological polar surface area (TPSA) is 80.9 Å². The van der Waals surface area contributed by atoms with Crippen LogP contribution >= 0.6 is 24.0 Å². The Kier molecular flexibility index (Phi) is 9.89. The van der Waals surface area contributed by atoms with Crippen LogP contribution in [0.25, 0.3) is 0 Å². The lowest BCUT2D eigenvalue weighted by atomic mass is 10.1. The molecule has 0 saturated carbocycles. The van der Waals surface area contributed by atoms with Crippen LogP contribution in [0.2, 0.25) is 0 Å². The number of aryl methyl sites for hydroxylation is 2. The highest BCUT2D eigenvalue weighted by Gasteiger charge is 2.14. The van der Waals surface area contributed by atoms with Gasteiger partial charge >= 0.3 is 0 Å². The SMILES string of the molecule is CN=C(NCc1ccc(COC2CCOCC2)cc1)NCc1nc(C)c(C)o1.I. The first-order valence-electron chi connectivity index (χ1n) is 9.78. The summed E-state index contributed by atoms with van der Waals surface area (Å²) in [5, 5.41) is 6.52. The molecule has 0 unspecified atom stereocenters. The third-order valence-corrected chi connectivity index (χ3v) is 4.84. The molecule has 1 aliphatic rings. The zero-order valence-corrected chi connectivity index (χ0v) is 19.7. The van der Waals surface area contributed by atoms with E-state index in [0.717, 1.165) is 37.5 Å². The predicted molar refractivity (Wildman–Crippen MR) is 124 cm³/mol. The minimum Gasteiger partial charge on any atom is -0.444 e. The van der Waals surface area contributed by atoms with E-state index >= 15 is 0 Å². The van der Waals surface area contributed by atoms with Crippen LogP contribution < -0.4 is 10.6 Å². The standard InChI is InChI=1S/C21H30N4O3.HI/c1-15-16(2)28-20(25-15)13-24-21(22-3)23-12-17-4-6-18(7-5-17)14-27-19-8-10-26-11-9-19;/h4-7,19H,8-14H2,1-3H3,(H2,22,23,24);1H. The van der Waals surface area contributed by atoms with Gasteiger partial charge in [-0.2, -0.15) is 0 Å². The lowest BCUT2D eigenvalue weighted by Gasteiger charge is -2.22. The molecule has 1 fully saturated rings. The van der Waals surface area contributed by atoms with Gasteiger partial charge in [0.05, 0.1) is 24.9 Å². The summed E-state index contributed by atoms with van der Waals surface area (Å²) in [4.78, 5) is 8.61. The second-order valence-corrected chi connectivity index (χ2v) is 6.97. The van der Waals surface area contributed by atoms with Crippen molar-refractivity contribution < 1.29 is 13.9 Å². The number of hydrogen-bond acceptors (Lipinski definition) is 5. The van der Waals surface area contributed by atoms with Crippen molar-refractivity contribution in [2.75, 3.05) is 20.3 Å². The zero-order chi connectivity index (χ0) is 19.8. The Hall–Kier alpha value is -1.65. The Morgan fingerprint density at radius 2 is 1.76 bits per heavy atom. The number of rotatable bonds is 7. The predicted octanol–water partition coefficient (Wildman–Crippen LogP) is 3.47. The summed E-state index contributed by atoms with van der Waals surface area (Å²) in [6, 6.07) is 8.46. The molecule has 160 valence electrons. The van der Waals surface area contributed by atoms with Crippen LogP contribution in [0.4, 0.5) is 0 Å². The van der Waals surface area contributed by atoms with Gasteiger partial charge < -0.3 is 24.5 Å². The lowest BCUT2D eigenvalue weighted by molar-refractivity contribution is -0.0390. The normalized spacial score (nSPS) is 15.1. The average molecular weight is 514 g/mol. The van der Waals surface area contributed by atoms with Crippen LogP contribution in [0.1, 0.15) is 41.3 Å². The molecule has 0 bridgehead atoms. The fourth-order valence-electron chi connectivity index (χ4n) is 2.99. The first-order chi connectivity index (χ1) is 13.6. The number of benzene rings is 1. The van der Waals surface area contributed by atoms with Gasteiger partial charge in [0.2, 0.25) is 5.89 Å². The van der Waals surface area contributed by atoms with E-state index < -0.39 is 0 Å². The van der Waals surface area contributed by atoms with Crippen LogP contribution in [-0.4, -0.2) is 37.3 Å². The quantitative estimate of drug-likeness (QED) is 0.335. The number of guanidine groups is 1. The van der Waals surface area contributed by atoms with E-state index in [2.05, 4.69) is 44.9 Å². The number of halogens is 1. The van der Waals surface area contributed by atoms with Gasteiger partial charge in [-0.1, -0.05) is 24.3 Å². The Bertz CT molecular complexity index is 751. The fraction of sp³-hybridized carbons (Fsp3) is 0.524. The average Bonchev–Trinajstić information content (AvgIpc) is 3.05. The maximum absolute atomic E-state index is 5.97. The number of ether oxygens (including phenoxy) is 2. The summed E-state index contributed by atoms with van der Waals surface area (Å²) in [6.45, 7) is 7.29. The molecule has 2 aromatic rings. The number of aromatic nitrogens is 1. The molecule has 1 aliphatic heterocycles. The molecule has 29 heavy (non-hydrogen) atoms. The number of hydrogen-bond donors (Lipinski definition) is 2. The molecule has 0 aliphatic carbocycles. The highest BCUT2D eigenvalue weighted by atomic mass is 127. The summed E-state index contributed by atoms with van der Waals surface area (Å²) in [7, 11) is 1.75. The summed E-state index contributed by atoms with van der Waals surface area (Å²) >= 11 is 0. The lowest BCUT2D eigenvalue weighted by Crippen LogP contribution is -2.36. The summed E-state index contributed by atoms with van der Waals surface area (Å²) in [5.41, 5.74) is 3.29. The summed E-state index contributed by atoms with van der Waals surface area (Å²) < 4.78 is 16.9. The highest BCUT2D eigenvalue weighted by Crippen LogP contribution is 2.14. The van der Waals surface area contributed by atoms with Gasteiger partial charge in [-0.15, -0.1) is 24.0 Å². The van der Waals surface area contributed by atoms with Gasteiger partial charge in [-0.25, -0.2) is 4.98 Å². The van der Waals surface area contributed by atoms with Gasteiger partial charge in [0.15, 0.2) is 5.96 Å². The molecule has 0 atom stereocenters. The fourth-order valence-corrected chi connectivity index (χ4v) is 2.99.